The molecule has 1 atom stereocenters. The molecule has 108 valence electrons. The number of thiophene rings is 1. The Balaban J connectivity index is 2.14. The van der Waals surface area contributed by atoms with Crippen LogP contribution < -0.4 is 5.32 Å². The van der Waals surface area contributed by atoms with E-state index in [1.807, 2.05) is 0 Å². The minimum atomic E-state index is 0.171. The highest BCUT2D eigenvalue weighted by atomic mass is 32.1. The third kappa shape index (κ3) is 2.71. The molecule has 1 aromatic carbocycles. The van der Waals surface area contributed by atoms with Gasteiger partial charge in [-0.2, -0.15) is 0 Å². The second-order valence-corrected chi connectivity index (χ2v) is 6.42. The van der Waals surface area contributed by atoms with Crippen LogP contribution in [0.2, 0.25) is 0 Å². The molecule has 0 spiro atoms. The number of aromatic nitrogens is 1. The first-order chi connectivity index (χ1) is 10.2. The summed E-state index contributed by atoms with van der Waals surface area (Å²) in [6.45, 7) is 7.41. The van der Waals surface area contributed by atoms with Gasteiger partial charge in [0.2, 0.25) is 0 Å². The third-order valence-corrected chi connectivity index (χ3v) is 4.72. The maximum Gasteiger partial charge on any atom is 0.0762 e. The summed E-state index contributed by atoms with van der Waals surface area (Å²) in [4.78, 5) is 6.25. The van der Waals surface area contributed by atoms with E-state index in [2.05, 4.69) is 67.9 Å². The van der Waals surface area contributed by atoms with Gasteiger partial charge in [-0.05, 0) is 55.1 Å². The summed E-state index contributed by atoms with van der Waals surface area (Å²) in [7, 11) is 0. The molecule has 3 rings (SSSR count). The highest BCUT2D eigenvalue weighted by Crippen LogP contribution is 2.29. The molecule has 3 heteroatoms. The van der Waals surface area contributed by atoms with Crippen molar-refractivity contribution >= 4 is 22.2 Å². The Kier molecular flexibility index (Phi) is 4.04. The molecule has 2 nitrogen and oxygen atoms in total. The fourth-order valence-corrected chi connectivity index (χ4v) is 3.54. The van der Waals surface area contributed by atoms with Crippen LogP contribution >= 0.6 is 11.3 Å². The number of hydrogen-bond acceptors (Lipinski definition) is 3. The second-order valence-electron chi connectivity index (χ2n) is 5.30. The number of nitrogens with zero attached hydrogens (tertiary/aromatic N) is 1. The number of hydrogen-bond donors (Lipinski definition) is 1. The van der Waals surface area contributed by atoms with E-state index in [4.69, 9.17) is 4.98 Å². The van der Waals surface area contributed by atoms with Crippen LogP contribution in [0.5, 0.6) is 0 Å². The van der Waals surface area contributed by atoms with Gasteiger partial charge in [0.1, 0.15) is 0 Å². The molecule has 0 radical (unpaired) electrons. The second kappa shape index (κ2) is 5.96. The van der Waals surface area contributed by atoms with Gasteiger partial charge in [0.25, 0.3) is 0 Å². The van der Waals surface area contributed by atoms with Gasteiger partial charge < -0.3 is 5.32 Å². The summed E-state index contributed by atoms with van der Waals surface area (Å²) in [5.41, 5.74) is 4.80. The minimum absolute atomic E-state index is 0.171. The molecule has 0 bridgehead atoms. The molecule has 0 saturated heterocycles. The zero-order chi connectivity index (χ0) is 14.8. The first-order valence-corrected chi connectivity index (χ1v) is 8.22. The van der Waals surface area contributed by atoms with Gasteiger partial charge in [-0.1, -0.05) is 25.1 Å². The number of para-hydroxylation sites is 1. The molecule has 0 aliphatic carbocycles. The fraction of sp³-hybridized carbons (Fsp3) is 0.278. The van der Waals surface area contributed by atoms with Crippen molar-refractivity contribution in [3.8, 4) is 0 Å². The van der Waals surface area contributed by atoms with Gasteiger partial charge in [0.05, 0.1) is 17.3 Å². The molecule has 1 unspecified atom stereocenters. The Hall–Kier alpha value is -1.71. The van der Waals surface area contributed by atoms with Crippen molar-refractivity contribution in [2.24, 2.45) is 0 Å². The molecule has 0 aliphatic rings. The molecule has 21 heavy (non-hydrogen) atoms. The number of benzene rings is 1. The van der Waals surface area contributed by atoms with E-state index in [1.165, 1.54) is 21.4 Å². The Morgan fingerprint density at radius 2 is 2.00 bits per heavy atom. The van der Waals surface area contributed by atoms with Crippen LogP contribution in [0.25, 0.3) is 10.9 Å². The molecule has 3 aromatic rings. The molecule has 0 fully saturated rings. The van der Waals surface area contributed by atoms with Crippen molar-refractivity contribution in [3.05, 3.63) is 63.5 Å². The van der Waals surface area contributed by atoms with Crippen molar-refractivity contribution in [2.75, 3.05) is 6.54 Å². The monoisotopic (exact) mass is 296 g/mol. The maximum absolute atomic E-state index is 4.89. The average molecular weight is 296 g/mol. The van der Waals surface area contributed by atoms with Gasteiger partial charge in [0, 0.05) is 10.3 Å². The molecule has 0 saturated carbocycles. The minimum Gasteiger partial charge on any atom is -0.305 e. The smallest absolute Gasteiger partial charge is 0.0762 e. The Morgan fingerprint density at radius 1 is 1.19 bits per heavy atom. The number of aryl methyl sites for hydroxylation is 2. The first-order valence-electron chi connectivity index (χ1n) is 7.34. The summed E-state index contributed by atoms with van der Waals surface area (Å²) in [5, 5.41) is 6.97. The van der Waals surface area contributed by atoms with Crippen LogP contribution in [0.1, 0.15) is 34.7 Å². The van der Waals surface area contributed by atoms with Gasteiger partial charge >= 0.3 is 0 Å². The summed E-state index contributed by atoms with van der Waals surface area (Å²) >= 11 is 1.79. The van der Waals surface area contributed by atoms with Crippen LogP contribution in [0, 0.1) is 13.8 Å². The van der Waals surface area contributed by atoms with E-state index >= 15 is 0 Å². The Morgan fingerprint density at radius 3 is 2.71 bits per heavy atom. The van der Waals surface area contributed by atoms with Crippen molar-refractivity contribution < 1.29 is 0 Å². The SMILES string of the molecule is CCNC(c1cc(C)c2ccccc2n1)c1ccsc1C. The van der Waals surface area contributed by atoms with E-state index in [1.54, 1.807) is 11.3 Å². The summed E-state index contributed by atoms with van der Waals surface area (Å²) in [5.74, 6) is 0. The lowest BCUT2D eigenvalue weighted by Gasteiger charge is -2.19. The van der Waals surface area contributed by atoms with Crippen LogP contribution in [-0.4, -0.2) is 11.5 Å². The number of rotatable bonds is 4. The third-order valence-electron chi connectivity index (χ3n) is 3.86. The van der Waals surface area contributed by atoms with Crippen molar-refractivity contribution in [3.63, 3.8) is 0 Å². The van der Waals surface area contributed by atoms with Crippen molar-refractivity contribution in [1.29, 1.82) is 0 Å². The number of nitrogens with one attached hydrogen (secondary N) is 1. The van der Waals surface area contributed by atoms with E-state index in [0.29, 0.717) is 0 Å². The quantitative estimate of drug-likeness (QED) is 0.760. The first kappa shape index (κ1) is 14.2. The lowest BCUT2D eigenvalue weighted by Crippen LogP contribution is -2.23. The number of pyridine rings is 1. The summed E-state index contributed by atoms with van der Waals surface area (Å²) in [6, 6.07) is 12.9. The standard InChI is InChI=1S/C18H20N2S/c1-4-19-18(15-9-10-21-13(15)3)17-11-12(2)14-7-5-6-8-16(14)20-17/h5-11,18-19H,4H2,1-3H3. The zero-order valence-corrected chi connectivity index (χ0v) is 13.5. The molecule has 1 N–H and O–H groups in total. The van der Waals surface area contributed by atoms with E-state index in [9.17, 15) is 0 Å². The van der Waals surface area contributed by atoms with E-state index in [0.717, 1.165) is 17.8 Å². The average Bonchev–Trinajstić information content (AvgIpc) is 2.91. The highest BCUT2D eigenvalue weighted by molar-refractivity contribution is 7.10. The topological polar surface area (TPSA) is 24.9 Å². The lowest BCUT2D eigenvalue weighted by molar-refractivity contribution is 0.616. The Labute approximate surface area is 129 Å². The van der Waals surface area contributed by atoms with Crippen LogP contribution in [-0.2, 0) is 0 Å². The summed E-state index contributed by atoms with van der Waals surface area (Å²) < 4.78 is 0. The molecule has 0 aliphatic heterocycles. The zero-order valence-electron chi connectivity index (χ0n) is 12.7. The van der Waals surface area contributed by atoms with Crippen LogP contribution in [0.4, 0.5) is 0 Å². The normalized spacial score (nSPS) is 12.7. The predicted octanol–water partition coefficient (Wildman–Crippen LogP) is 4.61. The van der Waals surface area contributed by atoms with Gasteiger partial charge in [-0.25, -0.2) is 0 Å². The maximum atomic E-state index is 4.89. The Bertz CT molecular complexity index is 761. The molecule has 0 amide bonds. The lowest BCUT2D eigenvalue weighted by atomic mass is 10.0. The van der Waals surface area contributed by atoms with E-state index in [-0.39, 0.29) is 6.04 Å². The van der Waals surface area contributed by atoms with Gasteiger partial charge in [-0.3, -0.25) is 4.98 Å². The number of fused-ring (bicyclic) bond motifs is 1. The molecular formula is C18H20N2S. The van der Waals surface area contributed by atoms with E-state index < -0.39 is 0 Å². The van der Waals surface area contributed by atoms with Crippen LogP contribution in [0.3, 0.4) is 0 Å². The highest BCUT2D eigenvalue weighted by Gasteiger charge is 2.18. The van der Waals surface area contributed by atoms with Gasteiger partial charge in [0.15, 0.2) is 0 Å². The van der Waals surface area contributed by atoms with Crippen molar-refractivity contribution in [2.45, 2.75) is 26.8 Å². The largest absolute Gasteiger partial charge is 0.305 e. The van der Waals surface area contributed by atoms with Gasteiger partial charge in [-0.15, -0.1) is 11.3 Å². The molecule has 2 heterocycles. The summed E-state index contributed by atoms with van der Waals surface area (Å²) in [6.07, 6.45) is 0. The fourth-order valence-electron chi connectivity index (χ4n) is 2.80. The predicted molar refractivity (Wildman–Crippen MR) is 91.1 cm³/mol. The van der Waals surface area contributed by atoms with Crippen molar-refractivity contribution in [1.82, 2.24) is 10.3 Å². The molecule has 2 aromatic heterocycles. The molecular weight excluding hydrogens is 276 g/mol. The van der Waals surface area contributed by atoms with Crippen LogP contribution in [0.15, 0.2) is 41.8 Å².